The fourth-order valence-corrected chi connectivity index (χ4v) is 4.66. The average molecular weight is 343 g/mol. The molecule has 0 aliphatic carbocycles. The van der Waals surface area contributed by atoms with Crippen LogP contribution in [0.25, 0.3) is 4.96 Å². The topological polar surface area (TPSA) is 79.6 Å². The minimum absolute atomic E-state index is 0.152. The highest BCUT2D eigenvalue weighted by atomic mass is 32.2. The van der Waals surface area contributed by atoms with E-state index in [1.54, 1.807) is 35.6 Å². The smallest absolute Gasteiger partial charge is 0.263 e. The van der Waals surface area contributed by atoms with Crippen molar-refractivity contribution in [3.05, 3.63) is 28.2 Å². The predicted octanol–water partition coefficient (Wildman–Crippen LogP) is 1.71. The minimum atomic E-state index is -3.67. The Morgan fingerprint density at radius 1 is 1.48 bits per heavy atom. The molecule has 0 amide bonds. The number of nitrogens with one attached hydrogen (secondary N) is 1. The van der Waals surface area contributed by atoms with Crippen molar-refractivity contribution in [3.63, 3.8) is 0 Å². The molecule has 0 saturated carbocycles. The lowest BCUT2D eigenvalue weighted by Gasteiger charge is -2.16. The van der Waals surface area contributed by atoms with Crippen molar-refractivity contribution in [2.24, 2.45) is 0 Å². The summed E-state index contributed by atoms with van der Waals surface area (Å²) in [4.78, 5) is 9.05. The van der Waals surface area contributed by atoms with Crippen molar-refractivity contribution in [1.29, 1.82) is 0 Å². The van der Waals surface area contributed by atoms with Gasteiger partial charge < -0.3 is 5.32 Å². The quantitative estimate of drug-likeness (QED) is 0.763. The van der Waals surface area contributed by atoms with E-state index in [0.717, 1.165) is 5.69 Å². The Kier molecular flexibility index (Phi) is 3.69. The molecule has 3 aromatic rings. The van der Waals surface area contributed by atoms with Crippen LogP contribution in [0.3, 0.4) is 0 Å². The molecule has 0 aliphatic heterocycles. The first-order valence-electron chi connectivity index (χ1n) is 6.00. The van der Waals surface area contributed by atoms with Crippen LogP contribution < -0.4 is 5.32 Å². The molecule has 3 aromatic heterocycles. The third kappa shape index (κ3) is 2.44. The molecule has 1 N–H and O–H groups in total. The standard InChI is InChI=1S/C11H13N5O2S3/c1-12-9-10(16-3-4-20-11(16)14-9)21(17,18)15(2)5-8-6-19-7-13-8/h3-4,6-7,12H,5H2,1-2H3. The third-order valence-corrected chi connectivity index (χ3v) is 6.20. The maximum atomic E-state index is 12.8. The van der Waals surface area contributed by atoms with Crippen LogP contribution in [0.15, 0.2) is 27.5 Å². The van der Waals surface area contributed by atoms with Gasteiger partial charge in [0.1, 0.15) is 0 Å². The van der Waals surface area contributed by atoms with Crippen LogP contribution in [0.1, 0.15) is 5.69 Å². The van der Waals surface area contributed by atoms with Crippen LogP contribution >= 0.6 is 22.7 Å². The fraction of sp³-hybridized carbons (Fsp3) is 0.273. The first kappa shape index (κ1) is 14.4. The Bertz CT molecular complexity index is 850. The van der Waals surface area contributed by atoms with Crippen molar-refractivity contribution in [3.8, 4) is 0 Å². The lowest BCUT2D eigenvalue weighted by molar-refractivity contribution is 0.460. The molecule has 0 aliphatic rings. The van der Waals surface area contributed by atoms with Gasteiger partial charge in [-0.2, -0.15) is 4.31 Å². The van der Waals surface area contributed by atoms with Crippen LogP contribution in [-0.2, 0) is 16.6 Å². The number of nitrogens with zero attached hydrogens (tertiary/aromatic N) is 4. The van der Waals surface area contributed by atoms with Crippen LogP contribution in [0, 0.1) is 0 Å². The molecule has 112 valence electrons. The van der Waals surface area contributed by atoms with E-state index in [0.29, 0.717) is 10.8 Å². The summed E-state index contributed by atoms with van der Waals surface area (Å²) in [6.07, 6.45) is 1.71. The molecule has 0 fully saturated rings. The van der Waals surface area contributed by atoms with Crippen LogP contribution in [0.5, 0.6) is 0 Å². The zero-order valence-electron chi connectivity index (χ0n) is 11.3. The first-order valence-corrected chi connectivity index (χ1v) is 9.27. The number of thiazole rings is 2. The van der Waals surface area contributed by atoms with Gasteiger partial charge in [-0.3, -0.25) is 4.40 Å². The molecule has 0 aromatic carbocycles. The monoisotopic (exact) mass is 343 g/mol. The van der Waals surface area contributed by atoms with E-state index in [-0.39, 0.29) is 11.6 Å². The Hall–Kier alpha value is -1.49. The summed E-state index contributed by atoms with van der Waals surface area (Å²) < 4.78 is 28.5. The highest BCUT2D eigenvalue weighted by Gasteiger charge is 2.29. The number of fused-ring (bicyclic) bond motifs is 1. The summed E-state index contributed by atoms with van der Waals surface area (Å²) in [5, 5.41) is 6.64. The van der Waals surface area contributed by atoms with Crippen molar-refractivity contribution >= 4 is 43.5 Å². The molecule has 0 radical (unpaired) electrons. The van der Waals surface area contributed by atoms with E-state index in [1.807, 2.05) is 5.38 Å². The van der Waals surface area contributed by atoms with Gasteiger partial charge in [0.15, 0.2) is 15.8 Å². The molecule has 10 heteroatoms. The summed E-state index contributed by atoms with van der Waals surface area (Å²) in [6, 6.07) is 0. The molecule has 0 saturated heterocycles. The van der Waals surface area contributed by atoms with Gasteiger partial charge >= 0.3 is 0 Å². The molecule has 0 bridgehead atoms. The van der Waals surface area contributed by atoms with E-state index in [2.05, 4.69) is 15.3 Å². The van der Waals surface area contributed by atoms with Gasteiger partial charge in [-0.15, -0.1) is 22.7 Å². The van der Waals surface area contributed by atoms with E-state index in [1.165, 1.54) is 27.0 Å². The SMILES string of the molecule is CNc1nc2sccn2c1S(=O)(=O)N(C)Cc1cscn1. The molecule has 0 spiro atoms. The molecular weight excluding hydrogens is 330 g/mol. The Labute approximate surface area is 129 Å². The molecule has 7 nitrogen and oxygen atoms in total. The Balaban J connectivity index is 2.05. The molecule has 0 atom stereocenters. The van der Waals surface area contributed by atoms with Gasteiger partial charge in [0.25, 0.3) is 10.0 Å². The summed E-state index contributed by atoms with van der Waals surface area (Å²) in [5.41, 5.74) is 2.41. The summed E-state index contributed by atoms with van der Waals surface area (Å²) in [7, 11) is -0.468. The Morgan fingerprint density at radius 2 is 2.29 bits per heavy atom. The third-order valence-electron chi connectivity index (χ3n) is 2.98. The van der Waals surface area contributed by atoms with Crippen LogP contribution in [0.4, 0.5) is 5.82 Å². The van der Waals surface area contributed by atoms with Gasteiger partial charge in [0.2, 0.25) is 0 Å². The van der Waals surface area contributed by atoms with Gasteiger partial charge in [-0.25, -0.2) is 18.4 Å². The van der Waals surface area contributed by atoms with Gasteiger partial charge in [0.05, 0.1) is 17.7 Å². The Morgan fingerprint density at radius 3 is 2.95 bits per heavy atom. The first-order chi connectivity index (χ1) is 10.0. The van der Waals surface area contributed by atoms with Gasteiger partial charge in [-0.1, -0.05) is 0 Å². The number of hydrogen-bond acceptors (Lipinski definition) is 7. The fourth-order valence-electron chi connectivity index (χ4n) is 1.95. The molecular formula is C11H13N5O2S3. The van der Waals surface area contributed by atoms with Crippen molar-refractivity contribution < 1.29 is 8.42 Å². The van der Waals surface area contributed by atoms with Crippen LogP contribution in [-0.4, -0.2) is 41.2 Å². The second-order valence-electron chi connectivity index (χ2n) is 4.31. The van der Waals surface area contributed by atoms with Crippen molar-refractivity contribution in [2.45, 2.75) is 11.6 Å². The summed E-state index contributed by atoms with van der Waals surface area (Å²) >= 11 is 2.83. The van der Waals surface area contributed by atoms with Crippen molar-refractivity contribution in [1.82, 2.24) is 18.7 Å². The molecule has 3 rings (SSSR count). The number of rotatable bonds is 5. The second-order valence-corrected chi connectivity index (χ2v) is 7.86. The minimum Gasteiger partial charge on any atom is -0.371 e. The second kappa shape index (κ2) is 5.37. The summed E-state index contributed by atoms with van der Waals surface area (Å²) in [5.74, 6) is 0.354. The average Bonchev–Trinajstić information content (AvgIpc) is 3.13. The highest BCUT2D eigenvalue weighted by Crippen LogP contribution is 2.28. The number of sulfonamides is 1. The van der Waals surface area contributed by atoms with E-state index >= 15 is 0 Å². The maximum absolute atomic E-state index is 12.8. The van der Waals surface area contributed by atoms with E-state index in [4.69, 9.17) is 0 Å². The highest BCUT2D eigenvalue weighted by molar-refractivity contribution is 7.89. The number of hydrogen-bond donors (Lipinski definition) is 1. The molecule has 21 heavy (non-hydrogen) atoms. The van der Waals surface area contributed by atoms with Crippen molar-refractivity contribution in [2.75, 3.05) is 19.4 Å². The maximum Gasteiger partial charge on any atom is 0.263 e. The normalized spacial score (nSPS) is 12.3. The van der Waals surface area contributed by atoms with E-state index < -0.39 is 10.0 Å². The summed E-state index contributed by atoms with van der Waals surface area (Å²) in [6.45, 7) is 0.229. The molecule has 0 unspecified atom stereocenters. The number of imidazole rings is 1. The predicted molar refractivity (Wildman–Crippen MR) is 83.4 cm³/mol. The van der Waals surface area contributed by atoms with E-state index in [9.17, 15) is 8.42 Å². The largest absolute Gasteiger partial charge is 0.371 e. The number of anilines is 1. The molecule has 3 heterocycles. The zero-order chi connectivity index (χ0) is 15.0. The lowest BCUT2D eigenvalue weighted by atomic mass is 10.5. The van der Waals surface area contributed by atoms with Crippen LogP contribution in [0.2, 0.25) is 0 Å². The zero-order valence-corrected chi connectivity index (χ0v) is 13.8. The number of aromatic nitrogens is 3. The van der Waals surface area contributed by atoms with Gasteiger partial charge in [-0.05, 0) is 0 Å². The lowest BCUT2D eigenvalue weighted by Crippen LogP contribution is -2.28. The van der Waals surface area contributed by atoms with Gasteiger partial charge in [0, 0.05) is 31.1 Å².